The quantitative estimate of drug-likeness (QED) is 0.609. The average molecular weight is 257 g/mol. The molecule has 0 saturated heterocycles. The number of hydrogen-bond donors (Lipinski definition) is 1. The van der Waals surface area contributed by atoms with E-state index in [-0.39, 0.29) is 11.2 Å². The first-order valence-corrected chi connectivity index (χ1v) is 6.58. The van der Waals surface area contributed by atoms with E-state index >= 15 is 0 Å². The number of hydrogen-bond acceptors (Lipinski definition) is 4. The van der Waals surface area contributed by atoms with E-state index in [0.717, 1.165) is 25.7 Å². The van der Waals surface area contributed by atoms with Crippen molar-refractivity contribution in [3.05, 3.63) is 0 Å². The van der Waals surface area contributed by atoms with Crippen molar-refractivity contribution in [3.8, 4) is 0 Å². The standard InChI is InChI=1S/C12H23N3OS/c1-11(2,3)14-15-12(13-10(17)16-4)8-6-5-7-9-12/h5-9H2,1-4H3,(H,13,17)/b15-14+. The average Bonchev–Trinajstić information content (AvgIpc) is 2.27. The predicted molar refractivity (Wildman–Crippen MR) is 73.2 cm³/mol. The molecule has 1 rings (SSSR count). The number of methoxy groups -OCH3 is 1. The number of rotatable bonds is 2. The van der Waals surface area contributed by atoms with Gasteiger partial charge in [-0.3, -0.25) is 0 Å². The summed E-state index contributed by atoms with van der Waals surface area (Å²) in [6, 6.07) is 0. The summed E-state index contributed by atoms with van der Waals surface area (Å²) in [7, 11) is 1.58. The van der Waals surface area contributed by atoms with E-state index < -0.39 is 0 Å². The van der Waals surface area contributed by atoms with E-state index in [9.17, 15) is 0 Å². The highest BCUT2D eigenvalue weighted by atomic mass is 32.1. The van der Waals surface area contributed by atoms with E-state index in [4.69, 9.17) is 17.0 Å². The van der Waals surface area contributed by atoms with Crippen LogP contribution in [0.4, 0.5) is 0 Å². The van der Waals surface area contributed by atoms with E-state index in [0.29, 0.717) is 5.17 Å². The molecule has 1 saturated carbocycles. The van der Waals surface area contributed by atoms with Crippen LogP contribution in [0.25, 0.3) is 0 Å². The molecule has 1 N–H and O–H groups in total. The predicted octanol–water partition coefficient (Wildman–Crippen LogP) is 3.42. The summed E-state index contributed by atoms with van der Waals surface area (Å²) >= 11 is 5.08. The van der Waals surface area contributed by atoms with Gasteiger partial charge in [-0.25, -0.2) is 0 Å². The highest BCUT2D eigenvalue weighted by Crippen LogP contribution is 2.30. The van der Waals surface area contributed by atoms with Crippen molar-refractivity contribution in [1.29, 1.82) is 0 Å². The van der Waals surface area contributed by atoms with Crippen LogP contribution in [0.3, 0.4) is 0 Å². The molecule has 98 valence electrons. The minimum Gasteiger partial charge on any atom is -0.474 e. The molecule has 0 bridgehead atoms. The van der Waals surface area contributed by atoms with Crippen molar-refractivity contribution in [2.24, 2.45) is 10.2 Å². The molecule has 1 aliphatic carbocycles. The van der Waals surface area contributed by atoms with E-state index in [1.165, 1.54) is 6.42 Å². The Morgan fingerprint density at radius 3 is 2.29 bits per heavy atom. The molecule has 1 aliphatic rings. The first-order valence-electron chi connectivity index (χ1n) is 6.17. The number of nitrogens with zero attached hydrogens (tertiary/aromatic N) is 2. The van der Waals surface area contributed by atoms with Crippen molar-refractivity contribution in [1.82, 2.24) is 5.32 Å². The van der Waals surface area contributed by atoms with E-state index in [1.54, 1.807) is 7.11 Å². The molecular weight excluding hydrogens is 234 g/mol. The van der Waals surface area contributed by atoms with E-state index in [2.05, 4.69) is 15.5 Å². The van der Waals surface area contributed by atoms with Crippen LogP contribution in [0.2, 0.25) is 0 Å². The Morgan fingerprint density at radius 2 is 1.82 bits per heavy atom. The topological polar surface area (TPSA) is 46.0 Å². The number of thiocarbonyl (C=S) groups is 1. The van der Waals surface area contributed by atoms with Crippen LogP contribution in [0.15, 0.2) is 10.2 Å². The van der Waals surface area contributed by atoms with Gasteiger partial charge in [0.2, 0.25) is 0 Å². The normalized spacial score (nSPS) is 20.2. The minimum absolute atomic E-state index is 0.152. The van der Waals surface area contributed by atoms with Gasteiger partial charge < -0.3 is 10.1 Å². The maximum Gasteiger partial charge on any atom is 0.258 e. The molecular formula is C12H23N3OS. The third-order valence-corrected chi connectivity index (χ3v) is 3.01. The molecule has 0 radical (unpaired) electrons. The van der Waals surface area contributed by atoms with Gasteiger partial charge in [0.25, 0.3) is 5.17 Å². The summed E-state index contributed by atoms with van der Waals surface area (Å²) in [5.41, 5.74) is -0.501. The Hall–Kier alpha value is -0.710. The zero-order valence-electron chi connectivity index (χ0n) is 11.2. The van der Waals surface area contributed by atoms with Gasteiger partial charge in [-0.1, -0.05) is 6.42 Å². The molecule has 0 atom stereocenters. The van der Waals surface area contributed by atoms with Crippen molar-refractivity contribution in [3.63, 3.8) is 0 Å². The van der Waals surface area contributed by atoms with Gasteiger partial charge in [-0.15, -0.1) is 0 Å². The second-order valence-electron chi connectivity index (χ2n) is 5.58. The van der Waals surface area contributed by atoms with Gasteiger partial charge in [0.1, 0.15) is 0 Å². The summed E-state index contributed by atoms with van der Waals surface area (Å²) in [6.45, 7) is 6.13. The Labute approximate surface area is 109 Å². The fourth-order valence-corrected chi connectivity index (χ4v) is 2.06. The maximum atomic E-state index is 5.08. The lowest BCUT2D eigenvalue weighted by atomic mass is 9.90. The van der Waals surface area contributed by atoms with E-state index in [1.807, 2.05) is 20.8 Å². The monoisotopic (exact) mass is 257 g/mol. The molecule has 0 unspecified atom stereocenters. The summed E-state index contributed by atoms with van der Waals surface area (Å²) in [4.78, 5) is 0. The third kappa shape index (κ3) is 4.98. The maximum absolute atomic E-state index is 5.08. The molecule has 0 aromatic heterocycles. The molecule has 0 heterocycles. The fraction of sp³-hybridized carbons (Fsp3) is 0.917. The lowest BCUT2D eigenvalue weighted by molar-refractivity contribution is 0.237. The minimum atomic E-state index is -0.349. The largest absolute Gasteiger partial charge is 0.474 e. The smallest absolute Gasteiger partial charge is 0.258 e. The summed E-state index contributed by atoms with van der Waals surface area (Å²) in [5, 5.41) is 12.5. The molecule has 0 spiro atoms. The molecule has 17 heavy (non-hydrogen) atoms. The second-order valence-corrected chi connectivity index (χ2v) is 5.95. The third-order valence-electron chi connectivity index (χ3n) is 2.74. The van der Waals surface area contributed by atoms with Crippen LogP contribution in [-0.2, 0) is 4.74 Å². The van der Waals surface area contributed by atoms with Crippen molar-refractivity contribution >= 4 is 17.4 Å². The highest BCUT2D eigenvalue weighted by Gasteiger charge is 2.33. The SMILES string of the molecule is COC(=S)NC1(/N=N/C(C)(C)C)CCCCC1. The lowest BCUT2D eigenvalue weighted by Gasteiger charge is -2.34. The Balaban J connectivity index is 2.78. The molecule has 0 aromatic carbocycles. The number of azo groups is 1. The Kier molecular flexibility index (Phi) is 4.86. The Bertz CT molecular complexity index is 291. The molecule has 0 aromatic rings. The van der Waals surface area contributed by atoms with Gasteiger partial charge >= 0.3 is 0 Å². The van der Waals surface area contributed by atoms with Crippen LogP contribution in [0.5, 0.6) is 0 Å². The molecule has 1 fully saturated rings. The molecule has 0 amide bonds. The summed E-state index contributed by atoms with van der Waals surface area (Å²) < 4.78 is 5.03. The van der Waals surface area contributed by atoms with Crippen molar-refractivity contribution < 1.29 is 4.74 Å². The summed E-state index contributed by atoms with van der Waals surface area (Å²) in [6.07, 6.45) is 5.51. The van der Waals surface area contributed by atoms with Crippen LogP contribution in [-0.4, -0.2) is 23.5 Å². The number of ether oxygens (including phenoxy) is 1. The molecule has 5 heteroatoms. The zero-order valence-corrected chi connectivity index (χ0v) is 12.1. The van der Waals surface area contributed by atoms with Gasteiger partial charge in [-0.05, 0) is 58.7 Å². The molecule has 0 aliphatic heterocycles. The lowest BCUT2D eigenvalue weighted by Crippen LogP contribution is -2.48. The van der Waals surface area contributed by atoms with Gasteiger partial charge in [-0.2, -0.15) is 10.2 Å². The molecule has 4 nitrogen and oxygen atoms in total. The summed E-state index contributed by atoms with van der Waals surface area (Å²) in [5.74, 6) is 0. The van der Waals surface area contributed by atoms with Gasteiger partial charge in [0, 0.05) is 0 Å². The first-order chi connectivity index (χ1) is 7.87. The number of nitrogens with one attached hydrogen (secondary N) is 1. The van der Waals surface area contributed by atoms with Crippen LogP contribution in [0.1, 0.15) is 52.9 Å². The van der Waals surface area contributed by atoms with Crippen LogP contribution in [0, 0.1) is 0 Å². The first kappa shape index (κ1) is 14.4. The van der Waals surface area contributed by atoms with Gasteiger partial charge in [0.05, 0.1) is 12.6 Å². The zero-order chi connectivity index (χ0) is 12.9. The van der Waals surface area contributed by atoms with Crippen LogP contribution >= 0.6 is 12.2 Å². The van der Waals surface area contributed by atoms with Gasteiger partial charge in [0.15, 0.2) is 5.66 Å². The fourth-order valence-electron chi connectivity index (χ4n) is 1.87. The highest BCUT2D eigenvalue weighted by molar-refractivity contribution is 7.80. The van der Waals surface area contributed by atoms with Crippen LogP contribution < -0.4 is 5.32 Å². The van der Waals surface area contributed by atoms with Crippen molar-refractivity contribution in [2.75, 3.05) is 7.11 Å². The van der Waals surface area contributed by atoms with Crippen molar-refractivity contribution in [2.45, 2.75) is 64.1 Å². The Morgan fingerprint density at radius 1 is 1.24 bits per heavy atom. The second kappa shape index (κ2) is 5.76.